The number of benzene rings is 4. The second kappa shape index (κ2) is 50.1. The third-order valence-electron chi connectivity index (χ3n) is 28.4. The Hall–Kier alpha value is -10.7. The summed E-state index contributed by atoms with van der Waals surface area (Å²) in [7, 11) is 0. The molecule has 1 unspecified atom stereocenters. The van der Waals surface area contributed by atoms with E-state index in [1.807, 2.05) is 86.6 Å². The van der Waals surface area contributed by atoms with Gasteiger partial charge in [-0.25, -0.2) is 4.79 Å². The van der Waals surface area contributed by atoms with Crippen LogP contribution in [0.3, 0.4) is 0 Å². The monoisotopic (exact) mass is 1890 g/mol. The van der Waals surface area contributed by atoms with Gasteiger partial charge in [0.1, 0.15) is 60.9 Å². The highest BCUT2D eigenvalue weighted by atomic mass is 16.6. The Bertz CT molecular complexity index is 4930. The lowest BCUT2D eigenvalue weighted by Crippen LogP contribution is -2.62. The second-order valence-electron chi connectivity index (χ2n) is 38.2. The first kappa shape index (κ1) is 106. The Morgan fingerprint density at radius 1 is 0.544 bits per heavy atom. The van der Waals surface area contributed by atoms with E-state index in [0.717, 1.165) is 71.9 Å². The van der Waals surface area contributed by atoms with Crippen molar-refractivity contribution in [3.05, 3.63) is 135 Å². The number of primary amides is 1. The molecule has 2 aliphatic heterocycles. The van der Waals surface area contributed by atoms with Crippen LogP contribution in [0.5, 0.6) is 5.75 Å². The van der Waals surface area contributed by atoms with E-state index in [1.54, 1.807) is 30.9 Å². The number of phenols is 1. The minimum atomic E-state index is -1.63. The number of aliphatic hydroxyl groups is 5. The number of amides is 12. The average molecular weight is 1890 g/mol. The maximum atomic E-state index is 15.0. The summed E-state index contributed by atoms with van der Waals surface area (Å²) >= 11 is 0. The summed E-state index contributed by atoms with van der Waals surface area (Å²) in [5.74, 6) is 0.180. The van der Waals surface area contributed by atoms with Crippen molar-refractivity contribution in [3.63, 3.8) is 0 Å². The number of unbranched alkanes of at least 4 members (excludes halogenated alkanes) is 1. The molecule has 36 heteroatoms. The number of aromatic hydroxyl groups is 1. The molecule has 0 bridgehead atoms. The molecule has 36 nitrogen and oxygen atoms in total. The smallest absolute Gasteiger partial charge is 0.312 e. The van der Waals surface area contributed by atoms with Crippen molar-refractivity contribution in [2.45, 2.75) is 268 Å². The minimum absolute atomic E-state index is 0.0000555. The Morgan fingerprint density at radius 2 is 1.13 bits per heavy atom. The van der Waals surface area contributed by atoms with E-state index >= 15 is 4.79 Å². The molecule has 4 aromatic carbocycles. The molecule has 136 heavy (non-hydrogen) atoms. The number of urea groups is 1. The first-order chi connectivity index (χ1) is 65.2. The lowest BCUT2D eigenvalue weighted by atomic mass is 9.49. The number of nitrogens with zero attached hydrogens (tertiary/aromatic N) is 1. The molecule has 1 saturated heterocycles. The van der Waals surface area contributed by atoms with Crippen LogP contribution in [0.2, 0.25) is 0 Å². The molecule has 0 aromatic heterocycles. The van der Waals surface area contributed by atoms with Gasteiger partial charge in [0.15, 0.2) is 6.23 Å². The fourth-order valence-corrected chi connectivity index (χ4v) is 20.8. The molecule has 12 amide bonds. The second-order valence-corrected chi connectivity index (χ2v) is 38.2. The summed E-state index contributed by atoms with van der Waals surface area (Å²) in [6.45, 7) is 11.6. The molecule has 20 N–H and O–H groups in total. The van der Waals surface area contributed by atoms with Gasteiger partial charge in [-0.05, 0) is 202 Å². The quantitative estimate of drug-likeness (QED) is 0.0167. The third kappa shape index (κ3) is 27.4. The number of phenolic OH excluding ortho intramolecular Hbond substituents is 1. The number of aryl methyl sites for hydroxylation is 2. The van der Waals surface area contributed by atoms with Gasteiger partial charge in [0.05, 0.1) is 101 Å². The first-order valence-corrected chi connectivity index (χ1v) is 48.2. The molecular weight excluding hydrogens is 1750 g/mol. The lowest BCUT2D eigenvalue weighted by molar-refractivity contribution is -0.234. The van der Waals surface area contributed by atoms with Crippen LogP contribution in [0.25, 0.3) is 0 Å². The Balaban J connectivity index is 0.657. The van der Waals surface area contributed by atoms with Gasteiger partial charge in [0.2, 0.25) is 59.1 Å². The number of rotatable bonds is 46. The van der Waals surface area contributed by atoms with Crippen LogP contribution in [-0.2, 0) is 107 Å². The van der Waals surface area contributed by atoms with E-state index in [-0.39, 0.29) is 176 Å². The molecule has 0 radical (unpaired) electrons. The van der Waals surface area contributed by atoms with Crippen molar-refractivity contribution >= 4 is 76.5 Å². The number of carbonyl (C=O) groups is 11. The van der Waals surface area contributed by atoms with Gasteiger partial charge in [0, 0.05) is 61.4 Å². The molecule has 4 aromatic rings. The number of para-hydroxylation sites is 1. The Morgan fingerprint density at radius 3 is 1.79 bits per heavy atom. The van der Waals surface area contributed by atoms with Gasteiger partial charge in [0.25, 0.3) is 0 Å². The summed E-state index contributed by atoms with van der Waals surface area (Å²) in [5, 5.41) is 90.6. The largest absolute Gasteiger partial charge is 0.508 e. The fourth-order valence-electron chi connectivity index (χ4n) is 20.8. The average Bonchev–Trinajstić information content (AvgIpc) is 0.716. The standard InChI is InChI=1S/C100H141N13O23/c1-61(2)85(92(127)108-73(24-16-45-105-96(102)130)89(124)109-74(58-114)91(126)106-67-33-29-63-31-35-78-97(3,69(63)55-67)40-17-42-99(78,5)94(128)112-95(129)100(6)43-18-41-98(4)70-56-68(116)34-30-64(70)32-36-79(98)100)111-90(125)72(23-14-15-44-103-82(119)60-135-76-26-9-7-8-22-71(84(76)101)110-93-88(123)87(122)86(121)77(59-115)136-93)107-81(118)39-47-131-49-51-133-53-54-134-52-50-132-48-46-104-80(117)37-38-83(120)113-57-66-21-11-10-19-62(66)27-28-65-20-12-13-25-75(65)113/h10-13,19-21,25,29-30,33-34,55-56,61,72-74,76-79,85-88,93,110,114-116,121-123H,7-9,14-18,22-24,26,31-32,35-54,57-60,101H2,1-6H3,(H,103,119)(H,104,117)(H,106,126)(H,107,118)(H,108,127)(H,109,124)(H,111,125)(H3,102,105,130)(H,112,128,129)/b84-71-/t72-,73+,74+,76?,77-,78-,79-,85+,86+,87+,88-,93-,97-,98-,99+,100+/m1/s1. The van der Waals surface area contributed by atoms with Crippen molar-refractivity contribution in [1.29, 1.82) is 0 Å². The zero-order valence-electron chi connectivity index (χ0n) is 79.2. The first-order valence-electron chi connectivity index (χ1n) is 48.2. The number of hydrogen-bond acceptors (Lipinski definition) is 25. The lowest BCUT2D eigenvalue weighted by Gasteiger charge is -2.56. The summed E-state index contributed by atoms with van der Waals surface area (Å²) in [5.41, 5.74) is 17.7. The van der Waals surface area contributed by atoms with Crippen molar-refractivity contribution in [2.75, 3.05) is 103 Å². The predicted octanol–water partition coefficient (Wildman–Crippen LogP) is 4.23. The van der Waals surface area contributed by atoms with Crippen LogP contribution in [0.1, 0.15) is 215 Å². The summed E-state index contributed by atoms with van der Waals surface area (Å²) in [4.78, 5) is 155. The summed E-state index contributed by atoms with van der Waals surface area (Å²) in [6, 6.07) is 19.7. The number of ether oxygens (including phenoxy) is 6. The molecule has 7 aliphatic rings. The van der Waals surface area contributed by atoms with Crippen LogP contribution in [-0.4, -0.2) is 249 Å². The number of allylic oxidation sites excluding steroid dienone is 1. The molecule has 744 valence electrons. The molecule has 11 rings (SSSR count). The SMILES string of the molecule is CC(C)[C@H](NC(=O)[C@@H](CCCCNC(=O)COC1CCCCC/C(N[C@@H]2O[C@H](CO)[C@H](O)[C@H](O)[C@H]2O)=C\1N)NC(=O)CCOCCOCCOCCOCCNC(=O)CCC(=O)N1Cc2ccccc2C#Cc2ccccc21)C(=O)N[C@@H](CCCNC(N)=O)C(=O)N[C@@H](CO)C(=O)Nc1ccc2c(c1)[C@@]1(C)CCC[C@](C)(C(=O)NC(=O)[C@@]3(C)CCC[C@]4(C)c5cc(O)ccc5CC[C@@H]34)[C@@H]1CC2. The molecule has 5 aliphatic carbocycles. The number of imide groups is 1. The highest BCUT2D eigenvalue weighted by Crippen LogP contribution is 2.60. The van der Waals surface area contributed by atoms with Gasteiger partial charge in [-0.1, -0.05) is 122 Å². The summed E-state index contributed by atoms with van der Waals surface area (Å²) < 4.78 is 34.4. The van der Waals surface area contributed by atoms with E-state index in [0.29, 0.717) is 81.4 Å². The molecular formula is C100H141N13O23. The van der Waals surface area contributed by atoms with Crippen LogP contribution in [0, 0.1) is 40.4 Å². The number of aliphatic hydroxyl groups excluding tert-OH is 5. The molecule has 16 atom stereocenters. The number of nitrogens with one attached hydrogen (secondary N) is 10. The molecule has 3 fully saturated rings. The Labute approximate surface area is 795 Å². The van der Waals surface area contributed by atoms with Crippen LogP contribution in [0.15, 0.2) is 96.3 Å². The van der Waals surface area contributed by atoms with E-state index in [2.05, 4.69) is 78.9 Å². The highest BCUT2D eigenvalue weighted by Gasteiger charge is 2.59. The van der Waals surface area contributed by atoms with E-state index in [1.165, 1.54) is 5.56 Å². The van der Waals surface area contributed by atoms with Crippen molar-refractivity contribution in [3.8, 4) is 17.6 Å². The van der Waals surface area contributed by atoms with Crippen molar-refractivity contribution < 1.29 is 112 Å². The highest BCUT2D eigenvalue weighted by molar-refractivity contribution is 6.02. The van der Waals surface area contributed by atoms with Gasteiger partial charge >= 0.3 is 6.03 Å². The maximum Gasteiger partial charge on any atom is 0.312 e. The fraction of sp³-hybridized carbons (Fsp3) is 0.610. The number of anilines is 2. The van der Waals surface area contributed by atoms with E-state index < -0.39 is 144 Å². The van der Waals surface area contributed by atoms with Crippen molar-refractivity contribution in [2.24, 2.45) is 40.1 Å². The number of hydrogen-bond donors (Lipinski definition) is 18. The van der Waals surface area contributed by atoms with Crippen LogP contribution < -0.4 is 69.5 Å². The van der Waals surface area contributed by atoms with Gasteiger partial charge < -0.3 is 123 Å². The molecule has 2 saturated carbocycles. The zero-order valence-corrected chi connectivity index (χ0v) is 79.2. The van der Waals surface area contributed by atoms with E-state index in [9.17, 15) is 78.6 Å². The Kier molecular flexibility index (Phi) is 38.9. The minimum Gasteiger partial charge on any atom is -0.508 e. The van der Waals surface area contributed by atoms with Crippen LogP contribution in [0.4, 0.5) is 16.2 Å². The normalized spacial score (nSPS) is 25.2. The van der Waals surface area contributed by atoms with Gasteiger partial charge in [-0.3, -0.25) is 53.3 Å². The molecule has 0 spiro atoms. The van der Waals surface area contributed by atoms with Gasteiger partial charge in [-0.15, -0.1) is 0 Å². The predicted molar refractivity (Wildman–Crippen MR) is 503 cm³/mol. The zero-order chi connectivity index (χ0) is 97.9. The number of carbonyl (C=O) groups excluding carboxylic acids is 11. The van der Waals surface area contributed by atoms with E-state index in [4.69, 9.17) is 39.9 Å². The maximum absolute atomic E-state index is 15.0. The van der Waals surface area contributed by atoms with Crippen LogP contribution >= 0.6 is 0 Å². The summed E-state index contributed by atoms with van der Waals surface area (Å²) in [6.07, 6.45) is 2.42. The topological polar surface area (TPSA) is 540 Å². The number of fused-ring (bicyclic) bond motifs is 8. The van der Waals surface area contributed by atoms with Crippen molar-refractivity contribution in [1.82, 2.24) is 47.9 Å². The number of nitrogens with two attached hydrogens (primary N) is 2. The molecule has 2 heterocycles. The third-order valence-corrected chi connectivity index (χ3v) is 28.4. The van der Waals surface area contributed by atoms with Gasteiger partial charge in [-0.2, -0.15) is 0 Å².